The van der Waals surface area contributed by atoms with Crippen LogP contribution in [0.5, 0.6) is 11.5 Å². The van der Waals surface area contributed by atoms with Crippen molar-refractivity contribution >= 4 is 56.4 Å². The number of ether oxygens (including phenoxy) is 1. The van der Waals surface area contributed by atoms with Crippen LogP contribution in [-0.4, -0.2) is 12.6 Å². The fourth-order valence-electron chi connectivity index (χ4n) is 7.55. The second kappa shape index (κ2) is 13.4. The zero-order chi connectivity index (χ0) is 33.4. The van der Waals surface area contributed by atoms with E-state index in [2.05, 4.69) is 154 Å². The average molecular weight is 729 g/mol. The van der Waals surface area contributed by atoms with Crippen LogP contribution in [0.25, 0.3) is 0 Å². The number of carbonyl (C=O) groups is 1. The van der Waals surface area contributed by atoms with Gasteiger partial charge in [0.25, 0.3) is 0 Å². The van der Waals surface area contributed by atoms with E-state index in [-0.39, 0.29) is 34.2 Å². The summed E-state index contributed by atoms with van der Waals surface area (Å²) in [6.45, 7) is 5.78. The van der Waals surface area contributed by atoms with Crippen molar-refractivity contribution in [1.29, 1.82) is 0 Å². The van der Waals surface area contributed by atoms with Crippen molar-refractivity contribution in [3.05, 3.63) is 174 Å². The Kier molecular flexibility index (Phi) is 9.42. The van der Waals surface area contributed by atoms with E-state index in [1.54, 1.807) is 0 Å². The van der Waals surface area contributed by atoms with Gasteiger partial charge in [0.15, 0.2) is 0 Å². The van der Waals surface area contributed by atoms with Crippen molar-refractivity contribution < 1.29 is 9.53 Å². The molecule has 0 fully saturated rings. The zero-order valence-electron chi connectivity index (χ0n) is 28.5. The van der Waals surface area contributed by atoms with Crippen molar-refractivity contribution in [2.24, 2.45) is 0 Å². The number of para-hydroxylation sites is 2. The summed E-state index contributed by atoms with van der Waals surface area (Å²) in [6, 6.07) is 55.7. The molecule has 1 N–H and O–H groups in total. The van der Waals surface area contributed by atoms with Crippen LogP contribution in [0.2, 0.25) is 0 Å². The third-order valence-corrected chi connectivity index (χ3v) is 16.5. The fourth-order valence-corrected chi connectivity index (χ4v) is 13.0. The van der Waals surface area contributed by atoms with Gasteiger partial charge in [-0.2, -0.15) is 0 Å². The molecule has 1 aliphatic heterocycles. The number of halogens is 1. The first kappa shape index (κ1) is 34.4. The normalized spacial score (nSPS) is 13.4. The van der Waals surface area contributed by atoms with E-state index in [1.807, 2.05) is 36.4 Å². The molecule has 1 aliphatic rings. The molecule has 0 unspecified atom stereocenters. The van der Waals surface area contributed by atoms with Gasteiger partial charge in [0.2, 0.25) is 0 Å². The molecule has 1 heterocycles. The summed E-state index contributed by atoms with van der Waals surface area (Å²) in [6.07, 6.45) is 0.303. The number of hydrogen-bond donors (Lipinski definition) is 1. The zero-order valence-corrected chi connectivity index (χ0v) is 31.1. The summed E-state index contributed by atoms with van der Waals surface area (Å²) < 4.78 is 6.23. The molecule has 0 atom stereocenters. The van der Waals surface area contributed by atoms with Crippen LogP contribution in [0, 0.1) is 0 Å². The van der Waals surface area contributed by atoms with E-state index in [4.69, 9.17) is 4.74 Å². The van der Waals surface area contributed by atoms with Gasteiger partial charge in [0.05, 0.1) is 0 Å². The molecule has 248 valence electrons. The predicted molar refractivity (Wildman–Crippen MR) is 214 cm³/mol. The van der Waals surface area contributed by atoms with Crippen LogP contribution in [0.4, 0.5) is 5.69 Å². The Morgan fingerprint density at radius 3 is 1.49 bits per heavy atom. The number of fused-ring (bicyclic) bond motifs is 2. The van der Waals surface area contributed by atoms with Gasteiger partial charge in [-0.1, -0.05) is 0 Å². The summed E-state index contributed by atoms with van der Waals surface area (Å²) >= 11 is 0. The molecule has 7 rings (SSSR count). The molecule has 0 aromatic heterocycles. The van der Waals surface area contributed by atoms with Gasteiger partial charge in [0.1, 0.15) is 0 Å². The van der Waals surface area contributed by atoms with Crippen molar-refractivity contribution in [2.75, 3.05) is 12.0 Å². The Morgan fingerprint density at radius 2 is 1.04 bits per heavy atom. The summed E-state index contributed by atoms with van der Waals surface area (Å²) in [5.41, 5.74) is 3.83. The van der Waals surface area contributed by atoms with Crippen LogP contribution in [-0.2, 0) is 10.2 Å². The van der Waals surface area contributed by atoms with E-state index >= 15 is 0 Å². The van der Waals surface area contributed by atoms with Crippen LogP contribution in [0.1, 0.15) is 49.8 Å². The maximum atomic E-state index is 14.3. The van der Waals surface area contributed by atoms with Gasteiger partial charge in [-0.25, -0.2) is 0 Å². The summed E-state index contributed by atoms with van der Waals surface area (Å²) in [5, 5.41) is 8.48. The molecule has 0 bridgehead atoms. The van der Waals surface area contributed by atoms with Crippen LogP contribution in [0.15, 0.2) is 158 Å². The monoisotopic (exact) mass is 727 g/mol. The van der Waals surface area contributed by atoms with E-state index in [0.29, 0.717) is 6.42 Å². The molecule has 5 heteroatoms. The van der Waals surface area contributed by atoms with Crippen LogP contribution in [0.3, 0.4) is 0 Å². The van der Waals surface area contributed by atoms with Gasteiger partial charge < -0.3 is 0 Å². The van der Waals surface area contributed by atoms with Crippen molar-refractivity contribution in [1.82, 2.24) is 0 Å². The average Bonchev–Trinajstić information content (AvgIpc) is 3.12. The Hall–Kier alpha value is -4.50. The topological polar surface area (TPSA) is 38.3 Å². The van der Waals surface area contributed by atoms with E-state index < -0.39 is 6.60 Å². The molecule has 0 saturated heterocycles. The summed E-state index contributed by atoms with van der Waals surface area (Å²) in [7, 11) is 0. The molecule has 3 nitrogen and oxygen atoms in total. The van der Waals surface area contributed by atoms with Gasteiger partial charge >= 0.3 is 285 Å². The second-order valence-electron chi connectivity index (χ2n) is 14.0. The summed E-state index contributed by atoms with van der Waals surface area (Å²) in [5.74, 6) is 1.48. The number of rotatable bonds is 7. The van der Waals surface area contributed by atoms with Gasteiger partial charge in [-0.05, 0) is 0 Å². The number of amides is 1. The first-order chi connectivity index (χ1) is 23.2. The minimum absolute atomic E-state index is 0. The molecular formula is C44H43BrNO2P. The molecule has 0 aliphatic carbocycles. The first-order valence-corrected chi connectivity index (χ1v) is 19.4. The Balaban J connectivity index is 0.00000417. The maximum absolute atomic E-state index is 14.3. The number of nitrogens with one attached hydrogen (secondary N) is 1. The SMILES string of the molecule is Br.CC(C)(C)c1ccc(P(C)(c2ccccc2)(c2ccccc2)c2ccccc2)cc1NC(=O)CC1c2ccccc2Oc2ccccc21. The van der Waals surface area contributed by atoms with Crippen molar-refractivity contribution in [2.45, 2.75) is 38.5 Å². The van der Waals surface area contributed by atoms with E-state index in [9.17, 15) is 4.79 Å². The molecule has 6 aromatic carbocycles. The predicted octanol–water partition coefficient (Wildman–Crippen LogP) is 9.61. The standard InChI is InChI=1S/C44H42NO2P.BrH/c1-44(2,3)39-29-28-35(48(4,32-18-8-5-9-19-32,33-20-10-6-11-21-33)34-22-12-7-13-23-34)30-40(39)45-43(46)31-38-36-24-14-16-26-41(36)47-42-27-17-15-25-37(38)42;/h5-30,38H,31H2,1-4H3,(H,45,46);1H. The molecule has 1 amide bonds. The number of carbonyl (C=O) groups excluding carboxylic acids is 1. The Bertz CT molecular complexity index is 1950. The van der Waals surface area contributed by atoms with Crippen molar-refractivity contribution in [3.63, 3.8) is 0 Å². The minimum atomic E-state index is -3.30. The second-order valence-corrected chi connectivity index (χ2v) is 19.2. The number of hydrogen-bond acceptors (Lipinski definition) is 2. The number of benzene rings is 6. The quantitative estimate of drug-likeness (QED) is 0.166. The molecular weight excluding hydrogens is 685 g/mol. The van der Waals surface area contributed by atoms with Gasteiger partial charge in [-0.3, -0.25) is 0 Å². The molecule has 0 radical (unpaired) electrons. The third kappa shape index (κ3) is 5.92. The summed E-state index contributed by atoms with van der Waals surface area (Å²) in [4.78, 5) is 14.3. The van der Waals surface area contributed by atoms with Gasteiger partial charge in [-0.15, -0.1) is 17.0 Å². The fraction of sp³-hybridized carbons (Fsp3) is 0.159. The molecule has 6 aromatic rings. The Labute approximate surface area is 301 Å². The molecule has 49 heavy (non-hydrogen) atoms. The van der Waals surface area contributed by atoms with Crippen molar-refractivity contribution in [3.8, 4) is 11.5 Å². The third-order valence-electron chi connectivity index (χ3n) is 10.1. The van der Waals surface area contributed by atoms with Gasteiger partial charge in [0, 0.05) is 0 Å². The Morgan fingerprint density at radius 1 is 0.612 bits per heavy atom. The number of anilines is 1. The first-order valence-electron chi connectivity index (χ1n) is 16.7. The van der Waals surface area contributed by atoms with Crippen LogP contribution >= 0.6 is 23.6 Å². The van der Waals surface area contributed by atoms with E-state index in [0.717, 1.165) is 33.9 Å². The van der Waals surface area contributed by atoms with Crippen LogP contribution < -0.4 is 31.3 Å². The molecule has 0 spiro atoms. The van der Waals surface area contributed by atoms with E-state index in [1.165, 1.54) is 21.2 Å². The molecule has 0 saturated carbocycles.